The summed E-state index contributed by atoms with van der Waals surface area (Å²) in [5.74, 6) is 2.32. The average Bonchev–Trinajstić information content (AvgIpc) is 2.79. The fraction of sp³-hybridized carbons (Fsp3) is 0.615. The van der Waals surface area contributed by atoms with Gasteiger partial charge in [-0.2, -0.15) is 4.98 Å². The van der Waals surface area contributed by atoms with Crippen LogP contribution in [-0.2, 0) is 0 Å². The predicted molar refractivity (Wildman–Crippen MR) is 70.4 cm³/mol. The van der Waals surface area contributed by atoms with Crippen molar-refractivity contribution in [3.63, 3.8) is 0 Å². The number of rotatable bonds is 4. The second-order valence-electron chi connectivity index (χ2n) is 4.66. The third-order valence-corrected chi connectivity index (χ3v) is 3.38. The van der Waals surface area contributed by atoms with E-state index in [1.807, 2.05) is 12.1 Å². The molecule has 2 N–H and O–H groups in total. The van der Waals surface area contributed by atoms with Gasteiger partial charge in [0, 0.05) is 13.1 Å². The number of aromatic nitrogens is 1. The molecule has 0 bridgehead atoms. The molecule has 1 aromatic rings. The molecule has 94 valence electrons. The number of nitrogen functional groups attached to an aromatic ring is 1. The average molecular weight is 235 g/mol. The van der Waals surface area contributed by atoms with E-state index in [-0.39, 0.29) is 0 Å². The van der Waals surface area contributed by atoms with Crippen LogP contribution in [0.3, 0.4) is 0 Å². The summed E-state index contributed by atoms with van der Waals surface area (Å²) in [7, 11) is 1.60. The molecule has 0 aromatic carbocycles. The summed E-state index contributed by atoms with van der Waals surface area (Å²) in [5, 5.41) is 0. The normalized spacial score (nSPS) is 19.6. The quantitative estimate of drug-likeness (QED) is 0.870. The highest BCUT2D eigenvalue weighted by molar-refractivity contribution is 5.54. The number of anilines is 2. The lowest BCUT2D eigenvalue weighted by Gasteiger charge is -2.18. The molecule has 17 heavy (non-hydrogen) atoms. The molecule has 1 aliphatic heterocycles. The third-order valence-electron chi connectivity index (χ3n) is 3.38. The zero-order valence-corrected chi connectivity index (χ0v) is 10.6. The Labute approximate surface area is 103 Å². The number of nitrogens with two attached hydrogens (primary N) is 1. The van der Waals surface area contributed by atoms with Crippen molar-refractivity contribution in [3.8, 4) is 5.88 Å². The molecular formula is C13H21N3O. The molecule has 1 aromatic heterocycles. The molecule has 4 nitrogen and oxygen atoms in total. The Hall–Kier alpha value is -1.45. The fourth-order valence-corrected chi connectivity index (χ4v) is 2.47. The number of nitrogens with zero attached hydrogens (tertiary/aromatic N) is 2. The van der Waals surface area contributed by atoms with Gasteiger partial charge in [0.2, 0.25) is 5.88 Å². The smallest absolute Gasteiger partial charge is 0.238 e. The van der Waals surface area contributed by atoms with Crippen LogP contribution in [0.4, 0.5) is 11.5 Å². The van der Waals surface area contributed by atoms with Crippen LogP contribution in [0.15, 0.2) is 12.1 Å². The molecule has 1 aliphatic rings. The first-order valence-corrected chi connectivity index (χ1v) is 6.30. The summed E-state index contributed by atoms with van der Waals surface area (Å²) >= 11 is 0. The van der Waals surface area contributed by atoms with Crippen LogP contribution < -0.4 is 15.4 Å². The Morgan fingerprint density at radius 3 is 3.06 bits per heavy atom. The Morgan fingerprint density at radius 2 is 2.35 bits per heavy atom. The SMILES string of the molecule is CCCC1CCN(c2ccc(N)c(OC)n2)C1. The van der Waals surface area contributed by atoms with E-state index in [0.717, 1.165) is 24.8 Å². The van der Waals surface area contributed by atoms with Crippen LogP contribution in [0.1, 0.15) is 26.2 Å². The number of hydrogen-bond donors (Lipinski definition) is 1. The van der Waals surface area contributed by atoms with Crippen molar-refractivity contribution in [1.29, 1.82) is 0 Å². The summed E-state index contributed by atoms with van der Waals surface area (Å²) in [5.41, 5.74) is 6.37. The highest BCUT2D eigenvalue weighted by atomic mass is 16.5. The zero-order valence-electron chi connectivity index (χ0n) is 10.6. The molecular weight excluding hydrogens is 214 g/mol. The topological polar surface area (TPSA) is 51.4 Å². The first-order valence-electron chi connectivity index (χ1n) is 6.30. The van der Waals surface area contributed by atoms with Gasteiger partial charge in [-0.3, -0.25) is 0 Å². The van der Waals surface area contributed by atoms with Crippen LogP contribution >= 0.6 is 0 Å². The number of ether oxygens (including phenoxy) is 1. The highest BCUT2D eigenvalue weighted by Crippen LogP contribution is 2.28. The summed E-state index contributed by atoms with van der Waals surface area (Å²) in [6.45, 7) is 4.44. The first kappa shape index (κ1) is 12.0. The minimum Gasteiger partial charge on any atom is -0.479 e. The predicted octanol–water partition coefficient (Wildman–Crippen LogP) is 2.30. The van der Waals surface area contributed by atoms with Gasteiger partial charge in [-0.15, -0.1) is 0 Å². The Kier molecular flexibility index (Phi) is 3.71. The molecule has 0 aliphatic carbocycles. The standard InChI is InChI=1S/C13H21N3O/c1-3-4-10-7-8-16(9-10)12-6-5-11(14)13(15-12)17-2/h5-6,10H,3-4,7-9,14H2,1-2H3. The lowest BCUT2D eigenvalue weighted by Crippen LogP contribution is -2.21. The van der Waals surface area contributed by atoms with Gasteiger partial charge in [0.25, 0.3) is 0 Å². The fourth-order valence-electron chi connectivity index (χ4n) is 2.47. The maximum absolute atomic E-state index is 5.77. The second kappa shape index (κ2) is 5.25. The molecule has 1 fully saturated rings. The van der Waals surface area contributed by atoms with E-state index in [0.29, 0.717) is 11.6 Å². The molecule has 2 rings (SSSR count). The van der Waals surface area contributed by atoms with Crippen molar-refractivity contribution in [1.82, 2.24) is 4.98 Å². The van der Waals surface area contributed by atoms with Gasteiger partial charge >= 0.3 is 0 Å². The van der Waals surface area contributed by atoms with Crippen LogP contribution in [0.25, 0.3) is 0 Å². The van der Waals surface area contributed by atoms with Crippen molar-refractivity contribution in [3.05, 3.63) is 12.1 Å². The minimum atomic E-state index is 0.529. The van der Waals surface area contributed by atoms with E-state index in [1.54, 1.807) is 7.11 Å². The summed E-state index contributed by atoms with van der Waals surface area (Å²) in [6, 6.07) is 3.85. The van der Waals surface area contributed by atoms with E-state index in [4.69, 9.17) is 10.5 Å². The maximum atomic E-state index is 5.77. The molecule has 0 amide bonds. The molecule has 1 unspecified atom stereocenters. The summed E-state index contributed by atoms with van der Waals surface area (Å²) < 4.78 is 5.16. The maximum Gasteiger partial charge on any atom is 0.238 e. The van der Waals surface area contributed by atoms with Crippen LogP contribution in [0, 0.1) is 5.92 Å². The van der Waals surface area contributed by atoms with Crippen LogP contribution in [0.2, 0.25) is 0 Å². The molecule has 0 spiro atoms. The lowest BCUT2D eigenvalue weighted by atomic mass is 10.0. The van der Waals surface area contributed by atoms with Crippen molar-refractivity contribution >= 4 is 11.5 Å². The molecule has 1 saturated heterocycles. The Morgan fingerprint density at radius 1 is 1.53 bits per heavy atom. The Bertz CT molecular complexity index is 381. The lowest BCUT2D eigenvalue weighted by molar-refractivity contribution is 0.400. The number of methoxy groups -OCH3 is 1. The monoisotopic (exact) mass is 235 g/mol. The van der Waals surface area contributed by atoms with Crippen molar-refractivity contribution in [2.45, 2.75) is 26.2 Å². The van der Waals surface area contributed by atoms with Crippen molar-refractivity contribution in [2.24, 2.45) is 5.92 Å². The van der Waals surface area contributed by atoms with Crippen LogP contribution in [0.5, 0.6) is 5.88 Å². The largest absolute Gasteiger partial charge is 0.479 e. The van der Waals surface area contributed by atoms with E-state index >= 15 is 0 Å². The van der Waals surface area contributed by atoms with Gasteiger partial charge in [-0.05, 0) is 30.9 Å². The van der Waals surface area contributed by atoms with Gasteiger partial charge in [-0.1, -0.05) is 13.3 Å². The van der Waals surface area contributed by atoms with Crippen molar-refractivity contribution in [2.75, 3.05) is 30.8 Å². The zero-order chi connectivity index (χ0) is 12.3. The van der Waals surface area contributed by atoms with E-state index in [9.17, 15) is 0 Å². The van der Waals surface area contributed by atoms with Gasteiger partial charge in [0.1, 0.15) is 5.82 Å². The number of pyridine rings is 1. The van der Waals surface area contributed by atoms with Crippen LogP contribution in [-0.4, -0.2) is 25.2 Å². The Balaban J connectivity index is 2.08. The second-order valence-corrected chi connectivity index (χ2v) is 4.66. The van der Waals surface area contributed by atoms with E-state index < -0.39 is 0 Å². The first-order chi connectivity index (χ1) is 8.24. The summed E-state index contributed by atoms with van der Waals surface area (Å²) in [6.07, 6.45) is 3.84. The van der Waals surface area contributed by atoms with Crippen molar-refractivity contribution < 1.29 is 4.74 Å². The highest BCUT2D eigenvalue weighted by Gasteiger charge is 2.23. The van der Waals surface area contributed by atoms with Gasteiger partial charge in [-0.25, -0.2) is 0 Å². The molecule has 1 atom stereocenters. The molecule has 0 radical (unpaired) electrons. The molecule has 4 heteroatoms. The minimum absolute atomic E-state index is 0.529. The third kappa shape index (κ3) is 2.62. The van der Waals surface area contributed by atoms with Gasteiger partial charge in [0.05, 0.1) is 12.8 Å². The number of hydrogen-bond acceptors (Lipinski definition) is 4. The van der Waals surface area contributed by atoms with Gasteiger partial charge in [0.15, 0.2) is 0 Å². The van der Waals surface area contributed by atoms with E-state index in [1.165, 1.54) is 19.3 Å². The summed E-state index contributed by atoms with van der Waals surface area (Å²) in [4.78, 5) is 6.77. The van der Waals surface area contributed by atoms with E-state index in [2.05, 4.69) is 16.8 Å². The molecule has 2 heterocycles. The van der Waals surface area contributed by atoms with Gasteiger partial charge < -0.3 is 15.4 Å². The molecule has 0 saturated carbocycles.